The molecule has 124 valence electrons. The third-order valence-electron chi connectivity index (χ3n) is 4.37. The summed E-state index contributed by atoms with van der Waals surface area (Å²) in [6.45, 7) is 0.464. The average Bonchev–Trinajstić information content (AvgIpc) is 2.69. The van der Waals surface area contributed by atoms with Crippen molar-refractivity contribution in [3.8, 4) is 5.75 Å². The standard InChI is InChI=1S/C21H17NO3/c23-21(16-9-6-12-22-13-16)25-20-17-10-4-5-11-19(17)24-14-18(20)15-7-2-1-3-8-15/h1-13,18,20H,14H2. The number of esters is 1. The highest BCUT2D eigenvalue weighted by Crippen LogP contribution is 2.43. The Morgan fingerprint density at radius 2 is 1.80 bits per heavy atom. The van der Waals surface area contributed by atoms with Crippen molar-refractivity contribution in [3.05, 3.63) is 95.8 Å². The minimum atomic E-state index is -0.403. The Bertz CT molecular complexity index is 865. The zero-order valence-corrected chi connectivity index (χ0v) is 13.5. The molecule has 0 aliphatic carbocycles. The van der Waals surface area contributed by atoms with Gasteiger partial charge < -0.3 is 9.47 Å². The number of nitrogens with zero attached hydrogens (tertiary/aromatic N) is 1. The maximum atomic E-state index is 12.6. The maximum Gasteiger partial charge on any atom is 0.340 e. The van der Waals surface area contributed by atoms with Crippen LogP contribution in [0.4, 0.5) is 0 Å². The van der Waals surface area contributed by atoms with Gasteiger partial charge in [0.05, 0.1) is 18.1 Å². The second kappa shape index (κ2) is 6.77. The molecule has 0 bridgehead atoms. The molecule has 2 unspecified atom stereocenters. The van der Waals surface area contributed by atoms with E-state index < -0.39 is 6.10 Å². The Hall–Kier alpha value is -3.14. The van der Waals surface area contributed by atoms with E-state index in [1.165, 1.54) is 6.20 Å². The Kier molecular flexibility index (Phi) is 4.17. The zero-order valence-electron chi connectivity index (χ0n) is 13.5. The Labute approximate surface area is 146 Å². The molecule has 4 heteroatoms. The molecule has 2 aromatic carbocycles. The smallest absolute Gasteiger partial charge is 0.340 e. The lowest BCUT2D eigenvalue weighted by molar-refractivity contribution is 0.0110. The molecule has 2 heterocycles. The van der Waals surface area contributed by atoms with E-state index in [0.717, 1.165) is 16.9 Å². The Balaban J connectivity index is 1.70. The Morgan fingerprint density at radius 3 is 2.60 bits per heavy atom. The van der Waals surface area contributed by atoms with Crippen LogP contribution in [0.25, 0.3) is 0 Å². The van der Waals surface area contributed by atoms with Crippen LogP contribution in [0.2, 0.25) is 0 Å². The average molecular weight is 331 g/mol. The molecule has 2 atom stereocenters. The molecule has 0 fully saturated rings. The predicted molar refractivity (Wildman–Crippen MR) is 93.5 cm³/mol. The van der Waals surface area contributed by atoms with E-state index in [0.29, 0.717) is 12.2 Å². The van der Waals surface area contributed by atoms with Crippen molar-refractivity contribution in [1.82, 2.24) is 4.98 Å². The molecule has 25 heavy (non-hydrogen) atoms. The van der Waals surface area contributed by atoms with Crippen molar-refractivity contribution in [2.24, 2.45) is 0 Å². The van der Waals surface area contributed by atoms with E-state index in [1.54, 1.807) is 18.3 Å². The second-order valence-electron chi connectivity index (χ2n) is 5.93. The molecule has 0 radical (unpaired) electrons. The van der Waals surface area contributed by atoms with Crippen molar-refractivity contribution in [3.63, 3.8) is 0 Å². The molecule has 4 rings (SSSR count). The molecule has 1 aliphatic heterocycles. The van der Waals surface area contributed by atoms with E-state index in [-0.39, 0.29) is 11.9 Å². The summed E-state index contributed by atoms with van der Waals surface area (Å²) in [7, 11) is 0. The summed E-state index contributed by atoms with van der Waals surface area (Å²) in [6, 6.07) is 21.1. The molecule has 3 aromatic rings. The maximum absolute atomic E-state index is 12.6. The lowest BCUT2D eigenvalue weighted by atomic mass is 9.87. The largest absolute Gasteiger partial charge is 0.492 e. The monoisotopic (exact) mass is 331 g/mol. The molecule has 0 N–H and O–H groups in total. The van der Waals surface area contributed by atoms with Crippen molar-refractivity contribution in [1.29, 1.82) is 0 Å². The summed E-state index contributed by atoms with van der Waals surface area (Å²) in [5.74, 6) is 0.325. The van der Waals surface area contributed by atoms with Crippen molar-refractivity contribution in [2.45, 2.75) is 12.0 Å². The van der Waals surface area contributed by atoms with E-state index in [2.05, 4.69) is 4.98 Å². The van der Waals surface area contributed by atoms with Crippen molar-refractivity contribution in [2.75, 3.05) is 6.61 Å². The van der Waals surface area contributed by atoms with Crippen LogP contribution < -0.4 is 4.74 Å². The van der Waals surface area contributed by atoms with Gasteiger partial charge in [-0.15, -0.1) is 0 Å². The minimum absolute atomic E-state index is 0.0586. The highest BCUT2D eigenvalue weighted by atomic mass is 16.6. The Morgan fingerprint density at radius 1 is 1.00 bits per heavy atom. The molecule has 0 saturated heterocycles. The van der Waals surface area contributed by atoms with Gasteiger partial charge in [0.25, 0.3) is 0 Å². The number of hydrogen-bond donors (Lipinski definition) is 0. The van der Waals surface area contributed by atoms with Crippen LogP contribution in [0.1, 0.15) is 33.5 Å². The number of carbonyl (C=O) groups excluding carboxylic acids is 1. The fourth-order valence-electron chi connectivity index (χ4n) is 3.11. The number of fused-ring (bicyclic) bond motifs is 1. The van der Waals surface area contributed by atoms with Crippen LogP contribution in [-0.2, 0) is 4.74 Å². The van der Waals surface area contributed by atoms with Gasteiger partial charge in [0, 0.05) is 18.0 Å². The summed E-state index contributed by atoms with van der Waals surface area (Å²) < 4.78 is 11.8. The first-order chi connectivity index (χ1) is 12.3. The van der Waals surface area contributed by atoms with E-state index in [4.69, 9.17) is 9.47 Å². The van der Waals surface area contributed by atoms with E-state index in [9.17, 15) is 4.79 Å². The first-order valence-electron chi connectivity index (χ1n) is 8.20. The van der Waals surface area contributed by atoms with Crippen LogP contribution in [0, 0.1) is 0 Å². The number of aromatic nitrogens is 1. The van der Waals surface area contributed by atoms with Crippen LogP contribution >= 0.6 is 0 Å². The van der Waals surface area contributed by atoms with Gasteiger partial charge >= 0.3 is 5.97 Å². The summed E-state index contributed by atoms with van der Waals surface area (Å²) in [5, 5.41) is 0. The summed E-state index contributed by atoms with van der Waals surface area (Å²) >= 11 is 0. The number of hydrogen-bond acceptors (Lipinski definition) is 4. The molecule has 1 aliphatic rings. The fraction of sp³-hybridized carbons (Fsp3) is 0.143. The van der Waals surface area contributed by atoms with Gasteiger partial charge in [0.15, 0.2) is 0 Å². The van der Waals surface area contributed by atoms with Gasteiger partial charge in [-0.25, -0.2) is 4.79 Å². The van der Waals surface area contributed by atoms with Crippen LogP contribution in [-0.4, -0.2) is 17.6 Å². The van der Waals surface area contributed by atoms with E-state index in [1.807, 2.05) is 54.6 Å². The summed E-state index contributed by atoms with van der Waals surface area (Å²) in [5.41, 5.74) is 2.42. The predicted octanol–water partition coefficient (Wildman–Crippen LogP) is 4.16. The SMILES string of the molecule is O=C(OC1c2ccccc2OCC1c1ccccc1)c1cccnc1. The molecular weight excluding hydrogens is 314 g/mol. The summed E-state index contributed by atoms with van der Waals surface area (Å²) in [6.07, 6.45) is 2.75. The molecule has 1 aromatic heterocycles. The molecule has 0 amide bonds. The van der Waals surface area contributed by atoms with Crippen molar-refractivity contribution < 1.29 is 14.3 Å². The highest BCUT2D eigenvalue weighted by Gasteiger charge is 2.35. The third-order valence-corrected chi connectivity index (χ3v) is 4.37. The first-order valence-corrected chi connectivity index (χ1v) is 8.20. The molecule has 0 spiro atoms. The van der Waals surface area contributed by atoms with Crippen LogP contribution in [0.3, 0.4) is 0 Å². The van der Waals surface area contributed by atoms with Crippen molar-refractivity contribution >= 4 is 5.97 Å². The summed E-state index contributed by atoms with van der Waals surface area (Å²) in [4.78, 5) is 16.6. The van der Waals surface area contributed by atoms with Gasteiger partial charge in [-0.1, -0.05) is 48.5 Å². The van der Waals surface area contributed by atoms with Gasteiger partial charge in [-0.3, -0.25) is 4.98 Å². The molecular formula is C21H17NO3. The lowest BCUT2D eigenvalue weighted by Gasteiger charge is -2.33. The second-order valence-corrected chi connectivity index (χ2v) is 5.93. The number of ether oxygens (including phenoxy) is 2. The first kappa shape index (κ1) is 15.4. The fourth-order valence-corrected chi connectivity index (χ4v) is 3.11. The van der Waals surface area contributed by atoms with Crippen LogP contribution in [0.15, 0.2) is 79.1 Å². The quantitative estimate of drug-likeness (QED) is 0.676. The number of para-hydroxylation sites is 1. The zero-order chi connectivity index (χ0) is 17.1. The molecule has 4 nitrogen and oxygen atoms in total. The normalized spacial score (nSPS) is 18.7. The lowest BCUT2D eigenvalue weighted by Crippen LogP contribution is -2.28. The van der Waals surface area contributed by atoms with Gasteiger partial charge in [0.2, 0.25) is 0 Å². The number of benzene rings is 2. The minimum Gasteiger partial charge on any atom is -0.492 e. The number of pyridine rings is 1. The van der Waals surface area contributed by atoms with Crippen LogP contribution in [0.5, 0.6) is 5.75 Å². The topological polar surface area (TPSA) is 48.4 Å². The highest BCUT2D eigenvalue weighted by molar-refractivity contribution is 5.89. The molecule has 0 saturated carbocycles. The van der Waals surface area contributed by atoms with Gasteiger partial charge in [0.1, 0.15) is 11.9 Å². The number of rotatable bonds is 3. The van der Waals surface area contributed by atoms with E-state index >= 15 is 0 Å². The number of carbonyl (C=O) groups is 1. The van der Waals surface area contributed by atoms with Gasteiger partial charge in [-0.05, 0) is 23.8 Å². The van der Waals surface area contributed by atoms with Gasteiger partial charge in [-0.2, -0.15) is 0 Å². The third kappa shape index (κ3) is 3.11.